The first-order chi connectivity index (χ1) is 9.77. The molecule has 20 heavy (non-hydrogen) atoms. The highest BCUT2D eigenvalue weighted by Crippen LogP contribution is 2.08. The van der Waals surface area contributed by atoms with Crippen molar-refractivity contribution in [2.24, 2.45) is 5.73 Å². The Morgan fingerprint density at radius 3 is 2.80 bits per heavy atom. The predicted molar refractivity (Wildman–Crippen MR) is 75.1 cm³/mol. The first-order valence-electron chi connectivity index (χ1n) is 6.33. The SMILES string of the molecule is C#CCOC(=O)c1cccc(COCCOCCN)c1. The van der Waals surface area contributed by atoms with Gasteiger partial charge in [-0.3, -0.25) is 0 Å². The minimum atomic E-state index is -0.434. The summed E-state index contributed by atoms with van der Waals surface area (Å²) in [5.41, 5.74) is 6.64. The van der Waals surface area contributed by atoms with Crippen LogP contribution in [0.1, 0.15) is 15.9 Å². The van der Waals surface area contributed by atoms with E-state index in [1.807, 2.05) is 6.07 Å². The van der Waals surface area contributed by atoms with Crippen LogP contribution in [-0.2, 0) is 20.8 Å². The minimum absolute atomic E-state index is 0.0297. The van der Waals surface area contributed by atoms with Crippen LogP contribution in [0.15, 0.2) is 24.3 Å². The van der Waals surface area contributed by atoms with Gasteiger partial charge in [-0.25, -0.2) is 4.79 Å². The second-order valence-electron chi connectivity index (χ2n) is 3.93. The molecule has 0 bridgehead atoms. The Kier molecular flexibility index (Phi) is 8.08. The zero-order valence-electron chi connectivity index (χ0n) is 11.3. The van der Waals surface area contributed by atoms with Gasteiger partial charge in [0.1, 0.15) is 0 Å². The van der Waals surface area contributed by atoms with Crippen LogP contribution in [0.3, 0.4) is 0 Å². The molecule has 0 aromatic heterocycles. The Hall–Kier alpha value is -1.87. The van der Waals surface area contributed by atoms with Crippen LogP contribution >= 0.6 is 0 Å². The summed E-state index contributed by atoms with van der Waals surface area (Å²) in [7, 11) is 0. The Labute approximate surface area is 119 Å². The lowest BCUT2D eigenvalue weighted by Crippen LogP contribution is -2.12. The maximum Gasteiger partial charge on any atom is 0.339 e. The third-order valence-electron chi connectivity index (χ3n) is 2.35. The molecule has 5 heteroatoms. The van der Waals surface area contributed by atoms with Crippen molar-refractivity contribution >= 4 is 5.97 Å². The van der Waals surface area contributed by atoms with Crippen LogP contribution in [0.4, 0.5) is 0 Å². The highest BCUT2D eigenvalue weighted by atomic mass is 16.5. The highest BCUT2D eigenvalue weighted by Gasteiger charge is 2.06. The molecule has 0 fully saturated rings. The lowest BCUT2D eigenvalue weighted by atomic mass is 10.1. The molecule has 0 heterocycles. The van der Waals surface area contributed by atoms with E-state index in [2.05, 4.69) is 5.92 Å². The van der Waals surface area contributed by atoms with Crippen molar-refractivity contribution in [2.75, 3.05) is 33.0 Å². The smallest absolute Gasteiger partial charge is 0.339 e. The number of benzene rings is 1. The fourth-order valence-corrected chi connectivity index (χ4v) is 1.47. The second-order valence-corrected chi connectivity index (χ2v) is 3.93. The molecular weight excluding hydrogens is 258 g/mol. The van der Waals surface area contributed by atoms with Crippen molar-refractivity contribution in [3.05, 3.63) is 35.4 Å². The first-order valence-corrected chi connectivity index (χ1v) is 6.33. The number of ether oxygens (including phenoxy) is 3. The highest BCUT2D eigenvalue weighted by molar-refractivity contribution is 5.89. The molecule has 1 rings (SSSR count). The van der Waals surface area contributed by atoms with E-state index < -0.39 is 5.97 Å². The van der Waals surface area contributed by atoms with E-state index in [0.717, 1.165) is 5.56 Å². The number of carbonyl (C=O) groups excluding carboxylic acids is 1. The number of terminal acetylenes is 1. The molecule has 5 nitrogen and oxygen atoms in total. The molecule has 0 amide bonds. The van der Waals surface area contributed by atoms with Crippen LogP contribution in [0, 0.1) is 12.3 Å². The largest absolute Gasteiger partial charge is 0.449 e. The molecule has 108 valence electrons. The van der Waals surface area contributed by atoms with Gasteiger partial charge in [-0.15, -0.1) is 6.42 Å². The third-order valence-corrected chi connectivity index (χ3v) is 2.35. The van der Waals surface area contributed by atoms with E-state index in [1.165, 1.54) is 0 Å². The van der Waals surface area contributed by atoms with E-state index >= 15 is 0 Å². The maximum absolute atomic E-state index is 11.6. The summed E-state index contributed by atoms with van der Waals surface area (Å²) in [5.74, 6) is 1.82. The molecule has 0 atom stereocenters. The Bertz CT molecular complexity index is 453. The quantitative estimate of drug-likeness (QED) is 0.414. The Morgan fingerprint density at radius 2 is 2.05 bits per heavy atom. The van der Waals surface area contributed by atoms with Gasteiger partial charge in [0.05, 0.1) is 32.0 Å². The van der Waals surface area contributed by atoms with Gasteiger partial charge in [0.2, 0.25) is 0 Å². The summed E-state index contributed by atoms with van der Waals surface area (Å²) >= 11 is 0. The van der Waals surface area contributed by atoms with Gasteiger partial charge < -0.3 is 19.9 Å². The molecule has 0 unspecified atom stereocenters. The molecule has 1 aromatic carbocycles. The first kappa shape index (κ1) is 16.2. The van der Waals surface area contributed by atoms with Crippen molar-refractivity contribution in [3.63, 3.8) is 0 Å². The van der Waals surface area contributed by atoms with Crippen LogP contribution in [0.25, 0.3) is 0 Å². The number of esters is 1. The zero-order chi connectivity index (χ0) is 14.6. The van der Waals surface area contributed by atoms with Crippen molar-refractivity contribution in [1.82, 2.24) is 0 Å². The van der Waals surface area contributed by atoms with Crippen molar-refractivity contribution < 1.29 is 19.0 Å². The topological polar surface area (TPSA) is 70.8 Å². The molecule has 1 aromatic rings. The second kappa shape index (κ2) is 9.98. The fraction of sp³-hybridized carbons (Fsp3) is 0.400. The Morgan fingerprint density at radius 1 is 1.25 bits per heavy atom. The summed E-state index contributed by atoms with van der Waals surface area (Å²) < 4.78 is 15.5. The van der Waals surface area contributed by atoms with Crippen molar-refractivity contribution in [3.8, 4) is 12.3 Å². The summed E-state index contributed by atoms with van der Waals surface area (Å²) in [4.78, 5) is 11.6. The number of carbonyl (C=O) groups is 1. The van der Waals surface area contributed by atoms with Crippen LogP contribution in [0.2, 0.25) is 0 Å². The lowest BCUT2D eigenvalue weighted by molar-refractivity contribution is 0.0432. The number of hydrogen-bond acceptors (Lipinski definition) is 5. The summed E-state index contributed by atoms with van der Waals surface area (Å²) in [6.07, 6.45) is 5.03. The van der Waals surface area contributed by atoms with Gasteiger partial charge in [-0.2, -0.15) is 0 Å². The number of nitrogens with two attached hydrogens (primary N) is 1. The third kappa shape index (κ3) is 6.34. The molecule has 0 saturated carbocycles. The predicted octanol–water partition coefficient (Wildman–Crippen LogP) is 0.968. The molecule has 0 radical (unpaired) electrons. The minimum Gasteiger partial charge on any atom is -0.449 e. The van der Waals surface area contributed by atoms with Gasteiger partial charge >= 0.3 is 5.97 Å². The normalized spacial score (nSPS) is 10.0. The lowest BCUT2D eigenvalue weighted by Gasteiger charge is -2.07. The van der Waals surface area contributed by atoms with Gasteiger partial charge in [-0.1, -0.05) is 18.1 Å². The average Bonchev–Trinajstić information content (AvgIpc) is 2.48. The summed E-state index contributed by atoms with van der Waals surface area (Å²) in [6.45, 7) is 2.38. The maximum atomic E-state index is 11.6. The standard InChI is InChI=1S/C15H19NO4/c1-2-7-20-15(17)14-5-3-4-13(11-14)12-19-10-9-18-8-6-16/h1,3-5,11H,6-10,12,16H2. The van der Waals surface area contributed by atoms with E-state index in [0.29, 0.717) is 38.5 Å². The van der Waals surface area contributed by atoms with E-state index in [9.17, 15) is 4.79 Å². The molecule has 0 aliphatic heterocycles. The van der Waals surface area contributed by atoms with Gasteiger partial charge in [0, 0.05) is 6.54 Å². The summed E-state index contributed by atoms with van der Waals surface area (Å²) in [6, 6.07) is 7.04. The van der Waals surface area contributed by atoms with Gasteiger partial charge in [-0.05, 0) is 17.7 Å². The van der Waals surface area contributed by atoms with Crippen molar-refractivity contribution in [2.45, 2.75) is 6.61 Å². The molecule has 0 aliphatic carbocycles. The van der Waals surface area contributed by atoms with Crippen LogP contribution < -0.4 is 5.73 Å². The van der Waals surface area contributed by atoms with E-state index in [1.54, 1.807) is 18.2 Å². The van der Waals surface area contributed by atoms with Crippen molar-refractivity contribution in [1.29, 1.82) is 0 Å². The van der Waals surface area contributed by atoms with Crippen LogP contribution in [-0.4, -0.2) is 38.9 Å². The zero-order valence-corrected chi connectivity index (χ0v) is 11.3. The van der Waals surface area contributed by atoms with Gasteiger partial charge in [0.15, 0.2) is 6.61 Å². The Balaban J connectivity index is 2.36. The summed E-state index contributed by atoms with van der Waals surface area (Å²) in [5, 5.41) is 0. The monoisotopic (exact) mass is 277 g/mol. The average molecular weight is 277 g/mol. The van der Waals surface area contributed by atoms with E-state index in [-0.39, 0.29) is 6.61 Å². The van der Waals surface area contributed by atoms with Gasteiger partial charge in [0.25, 0.3) is 0 Å². The van der Waals surface area contributed by atoms with E-state index in [4.69, 9.17) is 26.4 Å². The molecular formula is C15H19NO4. The molecule has 0 spiro atoms. The molecule has 2 N–H and O–H groups in total. The molecule has 0 saturated heterocycles. The fourth-order valence-electron chi connectivity index (χ4n) is 1.47. The number of hydrogen-bond donors (Lipinski definition) is 1. The van der Waals surface area contributed by atoms with Crippen LogP contribution in [0.5, 0.6) is 0 Å². The number of rotatable bonds is 9. The molecule has 0 aliphatic rings.